The summed E-state index contributed by atoms with van der Waals surface area (Å²) in [4.78, 5) is 28.5. The first kappa shape index (κ1) is 20.1. The van der Waals surface area contributed by atoms with Gasteiger partial charge in [-0.25, -0.2) is 0 Å². The number of carbonyl (C=O) groups is 2. The lowest BCUT2D eigenvalue weighted by Gasteiger charge is -2.61. The molecular formula is C21H30N6O2. The number of hydrogen-bond acceptors (Lipinski definition) is 6. The Morgan fingerprint density at radius 2 is 1.28 bits per heavy atom. The molecule has 2 amide bonds. The molecule has 5 fully saturated rings. The van der Waals surface area contributed by atoms with Crippen molar-refractivity contribution in [1.82, 2.24) is 20.4 Å². The normalized spacial score (nSPS) is 35.7. The lowest BCUT2D eigenvalue weighted by molar-refractivity contribution is -0.132. The molecule has 8 heteroatoms. The molecule has 0 unspecified atom stereocenters. The second-order valence-electron chi connectivity index (χ2n) is 9.22. The molecule has 2 aliphatic heterocycles. The molecule has 8 nitrogen and oxygen atoms in total. The molecule has 0 aromatic rings. The van der Waals surface area contributed by atoms with Gasteiger partial charge in [-0.2, -0.15) is 10.5 Å². The van der Waals surface area contributed by atoms with Crippen LogP contribution in [0.2, 0.25) is 0 Å². The van der Waals surface area contributed by atoms with E-state index in [0.717, 1.165) is 57.8 Å². The first-order valence-electron chi connectivity index (χ1n) is 10.9. The zero-order valence-corrected chi connectivity index (χ0v) is 17.0. The first-order chi connectivity index (χ1) is 14.0. The topological polar surface area (TPSA) is 112 Å². The molecule has 0 spiro atoms. The van der Waals surface area contributed by atoms with Crippen LogP contribution >= 0.6 is 0 Å². The summed E-state index contributed by atoms with van der Waals surface area (Å²) < 4.78 is 0. The predicted octanol–water partition coefficient (Wildman–Crippen LogP) is 0.650. The smallest absolute Gasteiger partial charge is 0.237 e. The average Bonchev–Trinajstić information content (AvgIpc) is 3.39. The number of nitriles is 2. The molecule has 2 bridgehead atoms. The van der Waals surface area contributed by atoms with Crippen molar-refractivity contribution in [2.45, 2.75) is 80.9 Å². The molecule has 3 saturated carbocycles. The highest BCUT2D eigenvalue weighted by Gasteiger charge is 2.57. The predicted molar refractivity (Wildman–Crippen MR) is 105 cm³/mol. The van der Waals surface area contributed by atoms with Gasteiger partial charge in [-0.3, -0.25) is 9.59 Å². The maximum Gasteiger partial charge on any atom is 0.237 e. The maximum absolute atomic E-state index is 12.5. The molecule has 2 N–H and O–H groups in total. The summed E-state index contributed by atoms with van der Waals surface area (Å²) in [5.74, 6) is 0.0393. The zero-order chi connectivity index (χ0) is 20.5. The van der Waals surface area contributed by atoms with Gasteiger partial charge in [0.1, 0.15) is 12.1 Å². The van der Waals surface area contributed by atoms with Gasteiger partial charge >= 0.3 is 0 Å². The quantitative estimate of drug-likeness (QED) is 0.679. The number of rotatable bonds is 6. The van der Waals surface area contributed by atoms with Crippen LogP contribution in [0.3, 0.4) is 0 Å². The van der Waals surface area contributed by atoms with Crippen molar-refractivity contribution in [3.05, 3.63) is 0 Å². The number of nitrogens with zero attached hydrogens (tertiary/aromatic N) is 4. The van der Waals surface area contributed by atoms with Gasteiger partial charge in [0, 0.05) is 24.2 Å². The van der Waals surface area contributed by atoms with E-state index in [2.05, 4.69) is 22.8 Å². The van der Waals surface area contributed by atoms with Gasteiger partial charge in [-0.15, -0.1) is 0 Å². The Labute approximate surface area is 172 Å². The number of nitrogens with one attached hydrogen (secondary N) is 2. The van der Waals surface area contributed by atoms with Crippen molar-refractivity contribution < 1.29 is 9.59 Å². The molecule has 156 valence electrons. The highest BCUT2D eigenvalue weighted by atomic mass is 16.2. The van der Waals surface area contributed by atoms with Crippen molar-refractivity contribution in [1.29, 1.82) is 10.5 Å². The Balaban J connectivity index is 1.26. The Hall–Kier alpha value is -2.16. The van der Waals surface area contributed by atoms with Crippen LogP contribution in [0.1, 0.15) is 57.8 Å². The van der Waals surface area contributed by atoms with E-state index in [1.165, 1.54) is 0 Å². The van der Waals surface area contributed by atoms with E-state index < -0.39 is 0 Å². The summed E-state index contributed by atoms with van der Waals surface area (Å²) in [5, 5.41) is 25.4. The molecule has 2 saturated heterocycles. The summed E-state index contributed by atoms with van der Waals surface area (Å²) in [5.41, 5.74) is -0.0662. The van der Waals surface area contributed by atoms with Crippen molar-refractivity contribution in [3.8, 4) is 12.1 Å². The summed E-state index contributed by atoms with van der Waals surface area (Å²) in [6.45, 7) is 1.93. The third kappa shape index (κ3) is 3.84. The van der Waals surface area contributed by atoms with Crippen LogP contribution in [0.5, 0.6) is 0 Å². The van der Waals surface area contributed by atoms with Gasteiger partial charge in [0.05, 0.1) is 25.2 Å². The minimum Gasteiger partial charge on any atom is -0.326 e. The summed E-state index contributed by atoms with van der Waals surface area (Å²) in [6, 6.07) is 3.91. The second-order valence-corrected chi connectivity index (χ2v) is 9.22. The summed E-state index contributed by atoms with van der Waals surface area (Å²) in [6.07, 6.45) is 8.35. The van der Waals surface area contributed by atoms with E-state index in [9.17, 15) is 20.1 Å². The molecule has 0 radical (unpaired) electrons. The van der Waals surface area contributed by atoms with Crippen molar-refractivity contribution >= 4 is 11.8 Å². The lowest BCUT2D eigenvalue weighted by Crippen LogP contribution is -2.73. The van der Waals surface area contributed by atoms with Gasteiger partial charge < -0.3 is 20.4 Å². The Bertz CT molecular complexity index is 687. The van der Waals surface area contributed by atoms with E-state index >= 15 is 0 Å². The molecule has 2 atom stereocenters. The molecule has 5 aliphatic rings. The lowest BCUT2D eigenvalue weighted by atomic mass is 9.54. The third-order valence-electron chi connectivity index (χ3n) is 7.34. The molecule has 3 aliphatic carbocycles. The molecule has 0 aromatic carbocycles. The van der Waals surface area contributed by atoms with E-state index in [0.29, 0.717) is 13.1 Å². The first-order valence-corrected chi connectivity index (χ1v) is 10.9. The van der Waals surface area contributed by atoms with Gasteiger partial charge in [0.25, 0.3) is 0 Å². The molecule has 2 heterocycles. The second kappa shape index (κ2) is 7.93. The van der Waals surface area contributed by atoms with Crippen molar-refractivity contribution in [2.75, 3.05) is 26.2 Å². The standard InChI is InChI=1S/C21H30N6O2/c22-10-16-4-1-8-26(16)18(28)12-24-20-6-3-7-21(14-20,15-20)25-13-19(29)27-9-2-5-17(27)11-23/h16-17,24-25H,1-9,12-15H2/t16-,17-,20?,21?/m0/s1. The summed E-state index contributed by atoms with van der Waals surface area (Å²) in [7, 11) is 0. The van der Waals surface area contributed by atoms with Gasteiger partial charge in [0.15, 0.2) is 0 Å². The molecule has 0 aromatic heterocycles. The van der Waals surface area contributed by atoms with Crippen LogP contribution in [-0.4, -0.2) is 71.0 Å². The fraction of sp³-hybridized carbons (Fsp3) is 0.810. The van der Waals surface area contributed by atoms with Gasteiger partial charge in [-0.1, -0.05) is 0 Å². The highest BCUT2D eigenvalue weighted by molar-refractivity contribution is 5.80. The average molecular weight is 399 g/mol. The zero-order valence-electron chi connectivity index (χ0n) is 17.0. The fourth-order valence-electron chi connectivity index (χ4n) is 5.92. The number of hydrogen-bond donors (Lipinski definition) is 2. The van der Waals surface area contributed by atoms with Gasteiger partial charge in [0.2, 0.25) is 11.8 Å². The minimum absolute atomic E-state index is 0.0196. The van der Waals surface area contributed by atoms with E-state index in [1.54, 1.807) is 9.80 Å². The SMILES string of the molecule is N#C[C@@H]1CCCN1C(=O)CNC12CCCC(NCC(=O)N3CCC[C@H]3C#N)(C1)C2. The number of carbonyl (C=O) groups excluding carboxylic acids is 2. The third-order valence-corrected chi connectivity index (χ3v) is 7.34. The summed E-state index contributed by atoms with van der Waals surface area (Å²) >= 11 is 0. The molecule has 29 heavy (non-hydrogen) atoms. The Morgan fingerprint density at radius 3 is 1.69 bits per heavy atom. The highest BCUT2D eigenvalue weighted by Crippen LogP contribution is 2.51. The van der Waals surface area contributed by atoms with Crippen molar-refractivity contribution in [2.24, 2.45) is 0 Å². The number of fused-ring (bicyclic) bond motifs is 2. The maximum atomic E-state index is 12.5. The van der Waals surface area contributed by atoms with E-state index in [1.807, 2.05) is 0 Å². The number of amides is 2. The van der Waals surface area contributed by atoms with Crippen LogP contribution in [0.4, 0.5) is 0 Å². The van der Waals surface area contributed by atoms with Crippen molar-refractivity contribution in [3.63, 3.8) is 0 Å². The van der Waals surface area contributed by atoms with Crippen LogP contribution < -0.4 is 10.6 Å². The van der Waals surface area contributed by atoms with Crippen LogP contribution in [0.15, 0.2) is 0 Å². The van der Waals surface area contributed by atoms with Gasteiger partial charge in [-0.05, 0) is 57.8 Å². The molecule has 5 rings (SSSR count). The monoisotopic (exact) mass is 398 g/mol. The Morgan fingerprint density at radius 1 is 0.828 bits per heavy atom. The molecular weight excluding hydrogens is 368 g/mol. The van der Waals surface area contributed by atoms with Crippen LogP contribution in [0.25, 0.3) is 0 Å². The largest absolute Gasteiger partial charge is 0.326 e. The number of likely N-dealkylation sites (tertiary alicyclic amines) is 2. The van der Waals surface area contributed by atoms with E-state index in [-0.39, 0.29) is 48.1 Å². The minimum atomic E-state index is -0.274. The van der Waals surface area contributed by atoms with Crippen LogP contribution in [0, 0.1) is 22.7 Å². The Kier molecular flexibility index (Phi) is 5.50. The fourth-order valence-corrected chi connectivity index (χ4v) is 5.92. The van der Waals surface area contributed by atoms with Crippen LogP contribution in [-0.2, 0) is 9.59 Å². The van der Waals surface area contributed by atoms with E-state index in [4.69, 9.17) is 0 Å².